The van der Waals surface area contributed by atoms with Gasteiger partial charge in [-0.1, -0.05) is 12.1 Å². The monoisotopic (exact) mass is 294 g/mol. The van der Waals surface area contributed by atoms with Crippen molar-refractivity contribution >= 4 is 21.7 Å². The first-order valence-electron chi connectivity index (χ1n) is 5.88. The minimum Gasteiger partial charge on any atom is -0.328 e. The largest absolute Gasteiger partial charge is 0.328 e. The fourth-order valence-corrected chi connectivity index (χ4v) is 3.59. The van der Waals surface area contributed by atoms with E-state index in [0.29, 0.717) is 0 Å². The topological polar surface area (TPSA) is 83.5 Å². The van der Waals surface area contributed by atoms with Crippen LogP contribution in [0.2, 0.25) is 0 Å². The molecule has 0 spiro atoms. The van der Waals surface area contributed by atoms with E-state index in [-0.39, 0.29) is 27.8 Å². The molecule has 1 heterocycles. The summed E-state index contributed by atoms with van der Waals surface area (Å²) in [6.45, 7) is 2.79. The van der Waals surface area contributed by atoms with Crippen LogP contribution >= 0.6 is 0 Å². The number of benzene rings is 1. The first-order valence-corrected chi connectivity index (χ1v) is 7.32. The van der Waals surface area contributed by atoms with Crippen LogP contribution in [0.5, 0.6) is 0 Å². The summed E-state index contributed by atoms with van der Waals surface area (Å²) < 4.78 is 25.7. The third-order valence-electron chi connectivity index (χ3n) is 3.02. The van der Waals surface area contributed by atoms with Crippen molar-refractivity contribution in [2.45, 2.75) is 18.7 Å². The van der Waals surface area contributed by atoms with Gasteiger partial charge in [0.1, 0.15) is 5.70 Å². The first-order chi connectivity index (χ1) is 9.26. The van der Waals surface area contributed by atoms with Crippen molar-refractivity contribution in [2.24, 2.45) is 0 Å². The standard InChI is InChI=1S/C13H14N2O4S/c1-8(14-9(2)16)12-13(17)10-6-4-5-7-11(10)20(18,19)15(12)3/h4-7H,1-3H3,(H,14,16). The highest BCUT2D eigenvalue weighted by molar-refractivity contribution is 7.89. The molecule has 0 atom stereocenters. The Balaban J connectivity index is 2.72. The van der Waals surface area contributed by atoms with Crippen LogP contribution in [0, 0.1) is 0 Å². The van der Waals surface area contributed by atoms with E-state index in [1.165, 1.54) is 33.0 Å². The smallest absolute Gasteiger partial charge is 0.264 e. The molecule has 106 valence electrons. The number of ketones is 1. The molecule has 0 unspecified atom stereocenters. The second kappa shape index (κ2) is 4.75. The minimum absolute atomic E-state index is 0.0214. The average molecular weight is 294 g/mol. The predicted octanol–water partition coefficient (Wildman–Crippen LogP) is 0.871. The molecule has 0 fully saturated rings. The Bertz CT molecular complexity index is 734. The van der Waals surface area contributed by atoms with Crippen LogP contribution in [0.25, 0.3) is 0 Å². The van der Waals surface area contributed by atoms with Gasteiger partial charge in [0, 0.05) is 25.2 Å². The molecule has 0 bridgehead atoms. The number of amides is 1. The van der Waals surface area contributed by atoms with Gasteiger partial charge in [-0.25, -0.2) is 8.42 Å². The minimum atomic E-state index is -3.78. The third-order valence-corrected chi connectivity index (χ3v) is 4.83. The number of fused-ring (bicyclic) bond motifs is 1. The molecule has 0 aliphatic carbocycles. The highest BCUT2D eigenvalue weighted by atomic mass is 32.2. The Morgan fingerprint density at radius 1 is 1.20 bits per heavy atom. The van der Waals surface area contributed by atoms with Crippen molar-refractivity contribution in [3.63, 3.8) is 0 Å². The van der Waals surface area contributed by atoms with E-state index in [2.05, 4.69) is 5.32 Å². The SMILES string of the molecule is CC(=O)NC(C)=C1C(=O)c2ccccc2S(=O)(=O)N1C. The summed E-state index contributed by atoms with van der Waals surface area (Å²) in [4.78, 5) is 23.5. The second-order valence-electron chi connectivity index (χ2n) is 4.45. The zero-order valence-corrected chi connectivity index (χ0v) is 12.1. The van der Waals surface area contributed by atoms with Crippen LogP contribution in [0.1, 0.15) is 24.2 Å². The number of nitrogens with one attached hydrogen (secondary N) is 1. The molecule has 0 saturated heterocycles. The maximum Gasteiger partial charge on any atom is 0.264 e. The van der Waals surface area contributed by atoms with E-state index in [1.807, 2.05) is 0 Å². The third kappa shape index (κ3) is 2.09. The van der Waals surface area contributed by atoms with E-state index in [4.69, 9.17) is 0 Å². The zero-order valence-electron chi connectivity index (χ0n) is 11.3. The quantitative estimate of drug-likeness (QED) is 0.779. The van der Waals surface area contributed by atoms with E-state index >= 15 is 0 Å². The van der Waals surface area contributed by atoms with Gasteiger partial charge in [0.05, 0.1) is 4.90 Å². The molecule has 0 aromatic heterocycles. The first kappa shape index (κ1) is 14.3. The number of likely N-dealkylation sites (N-methyl/N-ethyl adjacent to an activating group) is 1. The number of hydrogen-bond acceptors (Lipinski definition) is 4. The molecule has 6 nitrogen and oxygen atoms in total. The van der Waals surface area contributed by atoms with Gasteiger partial charge in [-0.15, -0.1) is 0 Å². The van der Waals surface area contributed by atoms with Crippen LogP contribution in [0.15, 0.2) is 40.6 Å². The summed E-state index contributed by atoms with van der Waals surface area (Å²) >= 11 is 0. The number of sulfonamides is 1. The lowest BCUT2D eigenvalue weighted by atomic mass is 10.1. The molecule has 1 aromatic rings. The molecular formula is C13H14N2O4S. The highest BCUT2D eigenvalue weighted by Gasteiger charge is 2.38. The number of carbonyl (C=O) groups is 2. The number of carbonyl (C=O) groups excluding carboxylic acids is 2. The zero-order chi connectivity index (χ0) is 15.1. The van der Waals surface area contributed by atoms with Crippen LogP contribution in [0.3, 0.4) is 0 Å². The van der Waals surface area contributed by atoms with E-state index < -0.39 is 15.8 Å². The van der Waals surface area contributed by atoms with Gasteiger partial charge in [-0.05, 0) is 19.1 Å². The van der Waals surface area contributed by atoms with E-state index in [1.54, 1.807) is 12.1 Å². The average Bonchev–Trinajstić information content (AvgIpc) is 2.36. The second-order valence-corrected chi connectivity index (χ2v) is 6.39. The van der Waals surface area contributed by atoms with Crippen molar-refractivity contribution in [2.75, 3.05) is 7.05 Å². The van der Waals surface area contributed by atoms with Crippen molar-refractivity contribution in [1.82, 2.24) is 9.62 Å². The van der Waals surface area contributed by atoms with Crippen LogP contribution < -0.4 is 5.32 Å². The molecule has 1 N–H and O–H groups in total. The number of rotatable bonds is 1. The van der Waals surface area contributed by atoms with Crippen LogP contribution in [-0.2, 0) is 14.8 Å². The maximum atomic E-state index is 12.4. The van der Waals surface area contributed by atoms with Crippen molar-refractivity contribution in [3.05, 3.63) is 41.2 Å². The van der Waals surface area contributed by atoms with Crippen molar-refractivity contribution < 1.29 is 18.0 Å². The summed E-state index contributed by atoms with van der Waals surface area (Å²) in [5, 5.41) is 2.46. The molecule has 0 radical (unpaired) electrons. The van der Waals surface area contributed by atoms with Crippen LogP contribution in [-0.4, -0.2) is 31.5 Å². The Hall–Kier alpha value is -2.15. The number of nitrogens with zero attached hydrogens (tertiary/aromatic N) is 1. The highest BCUT2D eigenvalue weighted by Crippen LogP contribution is 2.31. The fourth-order valence-electron chi connectivity index (χ4n) is 2.15. The molecule has 1 amide bonds. The van der Waals surface area contributed by atoms with Gasteiger partial charge in [-0.3, -0.25) is 13.9 Å². The maximum absolute atomic E-state index is 12.4. The number of allylic oxidation sites excluding steroid dienone is 2. The Kier molecular flexibility index (Phi) is 3.39. The van der Waals surface area contributed by atoms with Gasteiger partial charge >= 0.3 is 0 Å². The molecule has 1 aliphatic heterocycles. The van der Waals surface area contributed by atoms with Gasteiger partial charge in [-0.2, -0.15) is 0 Å². The van der Waals surface area contributed by atoms with Gasteiger partial charge < -0.3 is 5.32 Å². The lowest BCUT2D eigenvalue weighted by molar-refractivity contribution is -0.118. The van der Waals surface area contributed by atoms with Gasteiger partial charge in [0.25, 0.3) is 10.0 Å². The summed E-state index contributed by atoms with van der Waals surface area (Å²) in [6.07, 6.45) is 0. The predicted molar refractivity (Wildman–Crippen MR) is 72.2 cm³/mol. The Morgan fingerprint density at radius 2 is 1.80 bits per heavy atom. The Morgan fingerprint density at radius 3 is 2.40 bits per heavy atom. The van der Waals surface area contributed by atoms with Crippen molar-refractivity contribution in [3.8, 4) is 0 Å². The van der Waals surface area contributed by atoms with Crippen molar-refractivity contribution in [1.29, 1.82) is 0 Å². The lowest BCUT2D eigenvalue weighted by Crippen LogP contribution is -2.39. The molecule has 7 heteroatoms. The number of hydrogen-bond donors (Lipinski definition) is 1. The molecular weight excluding hydrogens is 280 g/mol. The molecule has 20 heavy (non-hydrogen) atoms. The lowest BCUT2D eigenvalue weighted by Gasteiger charge is -2.29. The fraction of sp³-hybridized carbons (Fsp3) is 0.231. The van der Waals surface area contributed by atoms with E-state index in [0.717, 1.165) is 4.31 Å². The molecule has 1 aliphatic rings. The van der Waals surface area contributed by atoms with Gasteiger partial charge in [0.15, 0.2) is 0 Å². The summed E-state index contributed by atoms with van der Waals surface area (Å²) in [5.41, 5.74) is 0.285. The molecule has 0 saturated carbocycles. The Labute approximate surface area is 117 Å². The van der Waals surface area contributed by atoms with Gasteiger partial charge in [0.2, 0.25) is 11.7 Å². The summed E-state index contributed by atoms with van der Waals surface area (Å²) in [7, 11) is -2.48. The summed E-state index contributed by atoms with van der Waals surface area (Å²) in [6, 6.07) is 6.02. The number of Topliss-reactive ketones (excluding diaryl/α,β-unsaturated/α-hetero) is 1. The van der Waals surface area contributed by atoms with Crippen LogP contribution in [0.4, 0.5) is 0 Å². The van der Waals surface area contributed by atoms with E-state index in [9.17, 15) is 18.0 Å². The molecule has 2 rings (SSSR count). The summed E-state index contributed by atoms with van der Waals surface area (Å²) in [5.74, 6) is -0.795. The normalized spacial score (nSPS) is 19.4. The molecule has 1 aromatic carbocycles.